The Labute approximate surface area is 185 Å². The van der Waals surface area contributed by atoms with Crippen LogP contribution in [-0.4, -0.2) is 59.0 Å². The Bertz CT molecular complexity index is 865. The second kappa shape index (κ2) is 9.71. The molecule has 2 fully saturated rings. The van der Waals surface area contributed by atoms with Crippen molar-refractivity contribution in [1.82, 2.24) is 19.7 Å². The molecule has 0 spiro atoms. The fourth-order valence-corrected chi connectivity index (χ4v) is 5.25. The number of nitrogens with one attached hydrogen (secondary N) is 1. The Kier molecular flexibility index (Phi) is 7.01. The molecular formula is C24H35ClN4O. The Morgan fingerprint density at radius 3 is 2.67 bits per heavy atom. The Morgan fingerprint density at radius 1 is 1.20 bits per heavy atom. The number of piperidine rings is 1. The molecule has 3 heterocycles. The number of nitrogens with zero attached hydrogens (tertiary/aromatic N) is 3. The number of benzene rings is 1. The molecule has 0 bridgehead atoms. The minimum Gasteiger partial charge on any atom is -0.356 e. The molecule has 1 N–H and O–H groups in total. The first kappa shape index (κ1) is 21.7. The van der Waals surface area contributed by atoms with Gasteiger partial charge in [0.2, 0.25) is 5.91 Å². The number of carbonyl (C=O) groups is 1. The molecule has 4 rings (SSSR count). The minimum absolute atomic E-state index is 0.158. The summed E-state index contributed by atoms with van der Waals surface area (Å²) in [6.07, 6.45) is 7.79. The Hall–Kier alpha value is -1.56. The van der Waals surface area contributed by atoms with Crippen molar-refractivity contribution in [2.75, 3.05) is 32.7 Å². The number of amides is 1. The van der Waals surface area contributed by atoms with E-state index in [0.29, 0.717) is 6.04 Å². The molecule has 1 amide bonds. The molecule has 0 saturated carbocycles. The van der Waals surface area contributed by atoms with Crippen LogP contribution in [0.25, 0.3) is 10.9 Å². The third kappa shape index (κ3) is 5.01. The van der Waals surface area contributed by atoms with Gasteiger partial charge in [0.25, 0.3) is 0 Å². The van der Waals surface area contributed by atoms with Gasteiger partial charge in [0, 0.05) is 54.2 Å². The van der Waals surface area contributed by atoms with Crippen molar-refractivity contribution in [2.24, 2.45) is 13.0 Å². The van der Waals surface area contributed by atoms with Crippen molar-refractivity contribution in [3.05, 3.63) is 35.0 Å². The first-order valence-corrected chi connectivity index (χ1v) is 11.9. The van der Waals surface area contributed by atoms with Crippen molar-refractivity contribution in [3.63, 3.8) is 0 Å². The second-order valence-electron chi connectivity index (χ2n) is 9.15. The lowest BCUT2D eigenvalue weighted by Crippen LogP contribution is -2.41. The van der Waals surface area contributed by atoms with E-state index in [4.69, 9.17) is 11.6 Å². The van der Waals surface area contributed by atoms with Crippen LogP contribution in [0.15, 0.2) is 24.4 Å². The van der Waals surface area contributed by atoms with Gasteiger partial charge in [-0.3, -0.25) is 9.69 Å². The lowest BCUT2D eigenvalue weighted by atomic mass is 9.95. The van der Waals surface area contributed by atoms with Crippen molar-refractivity contribution < 1.29 is 4.79 Å². The standard InChI is InChI=1S/C24H35ClN4O/c1-18(29-11-3-4-12-29)7-10-26-24(30)19-8-13-28(14-9-19)17-20-16-27(2)23-6-5-21(25)15-22(20)23/h5-6,15-16,18-19H,3-4,7-14,17H2,1-2H3,(H,26,30). The number of rotatable bonds is 7. The number of carbonyl (C=O) groups excluding carboxylic acids is 1. The van der Waals surface area contributed by atoms with Crippen LogP contribution in [0.2, 0.25) is 5.02 Å². The van der Waals surface area contributed by atoms with Gasteiger partial charge in [-0.2, -0.15) is 0 Å². The highest BCUT2D eigenvalue weighted by Gasteiger charge is 2.26. The summed E-state index contributed by atoms with van der Waals surface area (Å²) in [6.45, 7) is 8.38. The van der Waals surface area contributed by atoms with E-state index in [9.17, 15) is 4.79 Å². The molecule has 2 aliphatic rings. The van der Waals surface area contributed by atoms with Crippen LogP contribution in [0.1, 0.15) is 44.6 Å². The summed E-state index contributed by atoms with van der Waals surface area (Å²) in [5, 5.41) is 5.22. The van der Waals surface area contributed by atoms with Crippen molar-refractivity contribution in [2.45, 2.75) is 51.6 Å². The van der Waals surface area contributed by atoms with Crippen molar-refractivity contribution >= 4 is 28.4 Å². The summed E-state index contributed by atoms with van der Waals surface area (Å²) >= 11 is 6.22. The number of hydrogen-bond acceptors (Lipinski definition) is 3. The van der Waals surface area contributed by atoms with Crippen LogP contribution >= 0.6 is 11.6 Å². The summed E-state index contributed by atoms with van der Waals surface area (Å²) in [5.41, 5.74) is 2.53. The number of aryl methyl sites for hydroxylation is 1. The van der Waals surface area contributed by atoms with Crippen LogP contribution in [-0.2, 0) is 18.4 Å². The summed E-state index contributed by atoms with van der Waals surface area (Å²) in [5.74, 6) is 0.408. The maximum absolute atomic E-state index is 12.6. The molecule has 30 heavy (non-hydrogen) atoms. The SMILES string of the molecule is CC(CCNC(=O)C1CCN(Cc2cn(C)c3ccc(Cl)cc23)CC1)N1CCCC1. The van der Waals surface area contributed by atoms with Crippen molar-refractivity contribution in [3.8, 4) is 0 Å². The average molecular weight is 431 g/mol. The highest BCUT2D eigenvalue weighted by atomic mass is 35.5. The third-order valence-corrected chi connectivity index (χ3v) is 7.25. The monoisotopic (exact) mass is 430 g/mol. The number of fused-ring (bicyclic) bond motifs is 1. The fraction of sp³-hybridized carbons (Fsp3) is 0.625. The summed E-state index contributed by atoms with van der Waals surface area (Å²) < 4.78 is 2.17. The molecule has 1 aromatic carbocycles. The molecule has 1 unspecified atom stereocenters. The highest BCUT2D eigenvalue weighted by Crippen LogP contribution is 2.27. The predicted octanol–water partition coefficient (Wildman–Crippen LogP) is 4.03. The molecule has 2 aromatic rings. The summed E-state index contributed by atoms with van der Waals surface area (Å²) in [7, 11) is 2.08. The van der Waals surface area contributed by atoms with Gasteiger partial charge in [-0.15, -0.1) is 0 Å². The van der Waals surface area contributed by atoms with Crippen LogP contribution in [0.3, 0.4) is 0 Å². The molecule has 2 saturated heterocycles. The van der Waals surface area contributed by atoms with E-state index >= 15 is 0 Å². The van der Waals surface area contributed by atoms with Gasteiger partial charge in [-0.1, -0.05) is 11.6 Å². The van der Waals surface area contributed by atoms with Gasteiger partial charge in [0.05, 0.1) is 0 Å². The lowest BCUT2D eigenvalue weighted by molar-refractivity contribution is -0.126. The van der Waals surface area contributed by atoms with Crippen LogP contribution in [0.5, 0.6) is 0 Å². The van der Waals surface area contributed by atoms with E-state index in [1.165, 1.54) is 42.4 Å². The average Bonchev–Trinajstić information content (AvgIpc) is 3.37. The maximum Gasteiger partial charge on any atom is 0.223 e. The molecule has 0 radical (unpaired) electrons. The molecule has 1 aromatic heterocycles. The number of aromatic nitrogens is 1. The van der Waals surface area contributed by atoms with Gasteiger partial charge >= 0.3 is 0 Å². The van der Waals surface area contributed by atoms with Gasteiger partial charge in [0.15, 0.2) is 0 Å². The predicted molar refractivity (Wildman–Crippen MR) is 124 cm³/mol. The van der Waals surface area contributed by atoms with Crippen LogP contribution in [0, 0.1) is 5.92 Å². The zero-order chi connectivity index (χ0) is 21.1. The normalized spacial score (nSPS) is 20.1. The molecule has 0 aliphatic carbocycles. The zero-order valence-corrected chi connectivity index (χ0v) is 19.1. The van der Waals surface area contributed by atoms with E-state index in [0.717, 1.165) is 50.5 Å². The first-order chi connectivity index (χ1) is 14.5. The molecular weight excluding hydrogens is 396 g/mol. The van der Waals surface area contributed by atoms with E-state index < -0.39 is 0 Å². The summed E-state index contributed by atoms with van der Waals surface area (Å²) in [6, 6.07) is 6.67. The molecule has 2 aliphatic heterocycles. The topological polar surface area (TPSA) is 40.5 Å². The summed E-state index contributed by atoms with van der Waals surface area (Å²) in [4.78, 5) is 17.6. The van der Waals surface area contributed by atoms with E-state index in [2.05, 4.69) is 52.0 Å². The number of hydrogen-bond donors (Lipinski definition) is 1. The fourth-order valence-electron chi connectivity index (χ4n) is 5.08. The smallest absolute Gasteiger partial charge is 0.223 e. The van der Waals surface area contributed by atoms with Crippen LogP contribution < -0.4 is 5.32 Å². The largest absolute Gasteiger partial charge is 0.356 e. The van der Waals surface area contributed by atoms with E-state index in [1.807, 2.05) is 6.07 Å². The molecule has 5 nitrogen and oxygen atoms in total. The molecule has 6 heteroatoms. The Morgan fingerprint density at radius 2 is 1.93 bits per heavy atom. The highest BCUT2D eigenvalue weighted by molar-refractivity contribution is 6.31. The first-order valence-electron chi connectivity index (χ1n) is 11.5. The number of halogens is 1. The lowest BCUT2D eigenvalue weighted by Gasteiger charge is -2.31. The van der Waals surface area contributed by atoms with Crippen LogP contribution in [0.4, 0.5) is 0 Å². The van der Waals surface area contributed by atoms with Gasteiger partial charge in [0.1, 0.15) is 0 Å². The maximum atomic E-state index is 12.6. The zero-order valence-electron chi connectivity index (χ0n) is 18.4. The molecule has 1 atom stereocenters. The quantitative estimate of drug-likeness (QED) is 0.720. The number of likely N-dealkylation sites (tertiary alicyclic amines) is 2. The molecule has 164 valence electrons. The van der Waals surface area contributed by atoms with Gasteiger partial charge in [-0.25, -0.2) is 0 Å². The van der Waals surface area contributed by atoms with E-state index in [1.54, 1.807) is 0 Å². The Balaban J connectivity index is 1.23. The second-order valence-corrected chi connectivity index (χ2v) is 9.59. The van der Waals surface area contributed by atoms with Gasteiger partial charge < -0.3 is 14.8 Å². The third-order valence-electron chi connectivity index (χ3n) is 7.01. The van der Waals surface area contributed by atoms with Crippen molar-refractivity contribution in [1.29, 1.82) is 0 Å². The van der Waals surface area contributed by atoms with Gasteiger partial charge in [-0.05, 0) is 89.0 Å². The minimum atomic E-state index is 0.158. The van der Waals surface area contributed by atoms with E-state index in [-0.39, 0.29) is 11.8 Å².